The Bertz CT molecular complexity index is 991. The topological polar surface area (TPSA) is 67.5 Å². The summed E-state index contributed by atoms with van der Waals surface area (Å²) < 4.78 is 3.88. The molecule has 166 valence electrons. The molecule has 1 saturated heterocycles. The van der Waals surface area contributed by atoms with Crippen molar-refractivity contribution in [1.29, 1.82) is 0 Å². The van der Waals surface area contributed by atoms with Crippen molar-refractivity contribution < 1.29 is 4.79 Å². The highest BCUT2D eigenvalue weighted by Gasteiger charge is 2.24. The highest BCUT2D eigenvalue weighted by molar-refractivity contribution is 6.30. The number of rotatable bonds is 7. The zero-order chi connectivity index (χ0) is 21.6. The Morgan fingerprint density at radius 3 is 2.71 bits per heavy atom. The minimum absolute atomic E-state index is 0.0303. The van der Waals surface area contributed by atoms with E-state index in [0.717, 1.165) is 50.2 Å². The SMILES string of the molecule is C[C@@H](CCn1cccn1)NCc1c(C(=O)N2CCCCCCC2)nc2ccc(Cl)cn12. The van der Waals surface area contributed by atoms with Crippen LogP contribution >= 0.6 is 11.6 Å². The van der Waals surface area contributed by atoms with Crippen LogP contribution in [0.1, 0.15) is 61.6 Å². The molecule has 0 unspecified atom stereocenters. The second-order valence-corrected chi connectivity index (χ2v) is 8.82. The lowest BCUT2D eigenvalue weighted by molar-refractivity contribution is 0.0735. The molecule has 0 radical (unpaired) electrons. The predicted octanol–water partition coefficient (Wildman–Crippen LogP) is 4.16. The quantitative estimate of drug-likeness (QED) is 0.596. The second-order valence-electron chi connectivity index (χ2n) is 8.38. The molecule has 1 N–H and O–H groups in total. The first-order valence-corrected chi connectivity index (χ1v) is 11.7. The van der Waals surface area contributed by atoms with E-state index in [1.165, 1.54) is 19.3 Å². The van der Waals surface area contributed by atoms with Gasteiger partial charge in [0.15, 0.2) is 5.69 Å². The number of aryl methyl sites for hydroxylation is 1. The van der Waals surface area contributed by atoms with Gasteiger partial charge in [0.2, 0.25) is 0 Å². The molecule has 31 heavy (non-hydrogen) atoms. The van der Waals surface area contributed by atoms with E-state index in [1.807, 2.05) is 44.6 Å². The van der Waals surface area contributed by atoms with Crippen LogP contribution in [0.15, 0.2) is 36.8 Å². The number of nitrogens with zero attached hydrogens (tertiary/aromatic N) is 5. The third-order valence-corrected chi connectivity index (χ3v) is 6.22. The van der Waals surface area contributed by atoms with Crippen LogP contribution in [0.2, 0.25) is 5.02 Å². The molecule has 7 nitrogen and oxygen atoms in total. The number of aromatic nitrogens is 4. The van der Waals surface area contributed by atoms with Crippen LogP contribution in [0.5, 0.6) is 0 Å². The fourth-order valence-electron chi connectivity index (χ4n) is 4.14. The molecule has 1 atom stereocenters. The van der Waals surface area contributed by atoms with Gasteiger partial charge in [0, 0.05) is 50.8 Å². The van der Waals surface area contributed by atoms with Crippen molar-refractivity contribution in [2.45, 2.75) is 64.6 Å². The Labute approximate surface area is 188 Å². The summed E-state index contributed by atoms with van der Waals surface area (Å²) in [6.45, 7) is 5.16. The number of pyridine rings is 1. The van der Waals surface area contributed by atoms with Gasteiger partial charge >= 0.3 is 0 Å². The molecule has 1 aliphatic rings. The minimum Gasteiger partial charge on any atom is -0.337 e. The molecule has 1 fully saturated rings. The van der Waals surface area contributed by atoms with E-state index in [9.17, 15) is 4.79 Å². The first kappa shape index (κ1) is 21.8. The summed E-state index contributed by atoms with van der Waals surface area (Å²) in [7, 11) is 0. The van der Waals surface area contributed by atoms with Gasteiger partial charge in [0.25, 0.3) is 5.91 Å². The average Bonchev–Trinajstić information content (AvgIpc) is 3.37. The Hall–Kier alpha value is -2.38. The molecule has 0 aromatic carbocycles. The third kappa shape index (κ3) is 5.46. The molecule has 1 amide bonds. The standard InChI is InChI=1S/C23H31ClN6O/c1-18(10-15-29-14-7-11-26-29)25-16-20-22(27-21-9-8-19(24)17-30(20)21)23(31)28-12-5-3-2-4-6-13-28/h7-9,11,14,17-18,25H,2-6,10,12-13,15-16H2,1H3/t18-/m0/s1. The minimum atomic E-state index is 0.0303. The molecule has 3 aromatic heterocycles. The molecular weight excluding hydrogens is 412 g/mol. The van der Waals surface area contributed by atoms with E-state index < -0.39 is 0 Å². The van der Waals surface area contributed by atoms with E-state index in [4.69, 9.17) is 16.6 Å². The third-order valence-electron chi connectivity index (χ3n) is 6.00. The van der Waals surface area contributed by atoms with Gasteiger partial charge < -0.3 is 14.6 Å². The van der Waals surface area contributed by atoms with Crippen LogP contribution in [0.4, 0.5) is 0 Å². The fraction of sp³-hybridized carbons (Fsp3) is 0.522. The number of hydrogen-bond donors (Lipinski definition) is 1. The van der Waals surface area contributed by atoms with E-state index in [2.05, 4.69) is 17.3 Å². The van der Waals surface area contributed by atoms with Crippen LogP contribution in [0.25, 0.3) is 5.65 Å². The summed E-state index contributed by atoms with van der Waals surface area (Å²) in [5, 5.41) is 8.45. The van der Waals surface area contributed by atoms with E-state index in [0.29, 0.717) is 17.3 Å². The summed E-state index contributed by atoms with van der Waals surface area (Å²) in [5.41, 5.74) is 2.16. The first-order chi connectivity index (χ1) is 15.1. The number of amides is 1. The molecule has 0 bridgehead atoms. The van der Waals surface area contributed by atoms with Gasteiger partial charge in [-0.25, -0.2) is 4.98 Å². The van der Waals surface area contributed by atoms with Gasteiger partial charge in [-0.2, -0.15) is 5.10 Å². The Kier molecular flexibility index (Phi) is 7.25. The molecule has 0 saturated carbocycles. The van der Waals surface area contributed by atoms with E-state index >= 15 is 0 Å². The van der Waals surface area contributed by atoms with Crippen molar-refractivity contribution in [2.75, 3.05) is 13.1 Å². The molecule has 0 spiro atoms. The summed E-state index contributed by atoms with van der Waals surface area (Å²) >= 11 is 6.26. The van der Waals surface area contributed by atoms with Gasteiger partial charge in [-0.15, -0.1) is 0 Å². The summed E-state index contributed by atoms with van der Waals surface area (Å²) in [6.07, 6.45) is 12.3. The molecule has 8 heteroatoms. The van der Waals surface area contributed by atoms with Gasteiger partial charge in [0.1, 0.15) is 5.65 Å². The van der Waals surface area contributed by atoms with Crippen molar-refractivity contribution in [3.05, 3.63) is 53.2 Å². The van der Waals surface area contributed by atoms with E-state index in [1.54, 1.807) is 6.20 Å². The van der Waals surface area contributed by atoms with E-state index in [-0.39, 0.29) is 11.9 Å². The molecule has 4 heterocycles. The van der Waals surface area contributed by atoms with Crippen LogP contribution in [-0.4, -0.2) is 49.1 Å². The summed E-state index contributed by atoms with van der Waals surface area (Å²) in [4.78, 5) is 20.1. The van der Waals surface area contributed by atoms with Crippen LogP contribution in [-0.2, 0) is 13.1 Å². The van der Waals surface area contributed by atoms with Crippen molar-refractivity contribution in [3.63, 3.8) is 0 Å². The Morgan fingerprint density at radius 1 is 1.19 bits per heavy atom. The summed E-state index contributed by atoms with van der Waals surface area (Å²) in [6, 6.07) is 5.89. The maximum Gasteiger partial charge on any atom is 0.274 e. The lowest BCUT2D eigenvalue weighted by Gasteiger charge is -2.24. The number of imidazole rings is 1. The predicted molar refractivity (Wildman–Crippen MR) is 122 cm³/mol. The molecule has 1 aliphatic heterocycles. The lowest BCUT2D eigenvalue weighted by atomic mass is 10.1. The van der Waals surface area contributed by atoms with Crippen molar-refractivity contribution >= 4 is 23.2 Å². The number of fused-ring (bicyclic) bond motifs is 1. The second kappa shape index (κ2) is 10.3. The first-order valence-electron chi connectivity index (χ1n) is 11.3. The smallest absolute Gasteiger partial charge is 0.274 e. The van der Waals surface area contributed by atoms with Gasteiger partial charge in [-0.3, -0.25) is 9.48 Å². The highest BCUT2D eigenvalue weighted by Crippen LogP contribution is 2.20. The van der Waals surface area contributed by atoms with Crippen molar-refractivity contribution in [2.24, 2.45) is 0 Å². The molecule has 4 rings (SSSR count). The van der Waals surface area contributed by atoms with Crippen molar-refractivity contribution in [1.82, 2.24) is 29.4 Å². The van der Waals surface area contributed by atoms with Crippen LogP contribution < -0.4 is 5.32 Å². The lowest BCUT2D eigenvalue weighted by Crippen LogP contribution is -2.35. The van der Waals surface area contributed by atoms with Crippen molar-refractivity contribution in [3.8, 4) is 0 Å². The fourth-order valence-corrected chi connectivity index (χ4v) is 4.30. The number of nitrogens with one attached hydrogen (secondary N) is 1. The number of carbonyl (C=O) groups excluding carboxylic acids is 1. The Morgan fingerprint density at radius 2 is 1.97 bits per heavy atom. The zero-order valence-electron chi connectivity index (χ0n) is 18.1. The maximum absolute atomic E-state index is 13.4. The molecular formula is C23H31ClN6O. The van der Waals surface area contributed by atoms with Crippen LogP contribution in [0, 0.1) is 0 Å². The molecule has 0 aliphatic carbocycles. The number of likely N-dealkylation sites (tertiary alicyclic amines) is 1. The van der Waals surface area contributed by atoms with Crippen LogP contribution in [0.3, 0.4) is 0 Å². The largest absolute Gasteiger partial charge is 0.337 e. The summed E-state index contributed by atoms with van der Waals surface area (Å²) in [5.74, 6) is 0.0303. The number of halogens is 1. The van der Waals surface area contributed by atoms with Gasteiger partial charge in [0.05, 0.1) is 10.7 Å². The normalized spacial score (nSPS) is 16.3. The number of carbonyl (C=O) groups is 1. The maximum atomic E-state index is 13.4. The highest BCUT2D eigenvalue weighted by atomic mass is 35.5. The van der Waals surface area contributed by atoms with Gasteiger partial charge in [-0.05, 0) is 44.4 Å². The van der Waals surface area contributed by atoms with Gasteiger partial charge in [-0.1, -0.05) is 30.9 Å². The number of hydrogen-bond acceptors (Lipinski definition) is 4. The molecule has 3 aromatic rings. The monoisotopic (exact) mass is 442 g/mol. The Balaban J connectivity index is 1.52. The average molecular weight is 443 g/mol. The zero-order valence-corrected chi connectivity index (χ0v) is 18.9.